The topological polar surface area (TPSA) is 105 Å². The third kappa shape index (κ3) is 6.12. The summed E-state index contributed by atoms with van der Waals surface area (Å²) in [5, 5.41) is 14.5. The van der Waals surface area contributed by atoms with Crippen LogP contribution in [-0.2, 0) is 14.3 Å². The highest BCUT2D eigenvalue weighted by Gasteiger charge is 2.30. The summed E-state index contributed by atoms with van der Waals surface area (Å²) in [6.45, 7) is 7.32. The largest absolute Gasteiger partial charge is 0.481 e. The van der Waals surface area contributed by atoms with E-state index in [0.29, 0.717) is 0 Å². The Kier molecular flexibility index (Phi) is 7.41. The zero-order valence-electron chi connectivity index (χ0n) is 19.6. The number of carbonyl (C=O) groups is 3. The number of amides is 2. The van der Waals surface area contributed by atoms with E-state index in [1.54, 1.807) is 13.8 Å². The van der Waals surface area contributed by atoms with Crippen LogP contribution in [0.4, 0.5) is 4.79 Å². The maximum atomic E-state index is 12.6. The Morgan fingerprint density at radius 1 is 1.00 bits per heavy atom. The maximum absolute atomic E-state index is 12.6. The predicted molar refractivity (Wildman–Crippen MR) is 126 cm³/mol. The number of carboxylic acids is 1. The van der Waals surface area contributed by atoms with Crippen molar-refractivity contribution in [3.05, 3.63) is 59.7 Å². The number of aliphatic carboxylic acids is 1. The standard InChI is InChI=1S/C26H32N2O5/c1-16(2)22(13-23(29)28-26(3,4)14-24(30)31)27-25(32)33-15-21-19-11-7-5-9-17(19)18-10-6-8-12-20(18)21/h5-12,16,21-22H,13-15H2,1-4H3,(H,27,32)(H,28,29)(H,30,31)/t22-/m0/s1. The number of carbonyl (C=O) groups excluding carboxylic acids is 2. The fraction of sp³-hybridized carbons (Fsp3) is 0.423. The van der Waals surface area contributed by atoms with E-state index in [4.69, 9.17) is 9.84 Å². The molecule has 7 heteroatoms. The van der Waals surface area contributed by atoms with Crippen molar-refractivity contribution in [1.82, 2.24) is 10.6 Å². The fourth-order valence-electron chi connectivity index (χ4n) is 4.30. The molecule has 0 fully saturated rings. The number of rotatable bonds is 9. The summed E-state index contributed by atoms with van der Waals surface area (Å²) < 4.78 is 5.60. The Balaban J connectivity index is 1.60. The average Bonchev–Trinajstić information content (AvgIpc) is 3.04. The second kappa shape index (κ2) is 10.1. The van der Waals surface area contributed by atoms with Gasteiger partial charge in [0.2, 0.25) is 5.91 Å². The molecule has 2 aromatic carbocycles. The lowest BCUT2D eigenvalue weighted by molar-refractivity contribution is -0.138. The van der Waals surface area contributed by atoms with Gasteiger partial charge in [0.05, 0.1) is 6.42 Å². The summed E-state index contributed by atoms with van der Waals surface area (Å²) in [5.74, 6) is -1.36. The molecular formula is C26H32N2O5. The first-order valence-electron chi connectivity index (χ1n) is 11.2. The summed E-state index contributed by atoms with van der Waals surface area (Å²) in [4.78, 5) is 36.1. The molecular weight excluding hydrogens is 420 g/mol. The molecule has 1 atom stereocenters. The Morgan fingerprint density at radius 3 is 2.06 bits per heavy atom. The van der Waals surface area contributed by atoms with Gasteiger partial charge in [-0.3, -0.25) is 9.59 Å². The van der Waals surface area contributed by atoms with Gasteiger partial charge in [0.25, 0.3) is 0 Å². The molecule has 2 aromatic rings. The second-order valence-corrected chi connectivity index (χ2v) is 9.53. The number of hydrogen-bond acceptors (Lipinski definition) is 4. The van der Waals surface area contributed by atoms with Crippen molar-refractivity contribution in [3.8, 4) is 11.1 Å². The van der Waals surface area contributed by atoms with Crippen molar-refractivity contribution < 1.29 is 24.2 Å². The van der Waals surface area contributed by atoms with Crippen molar-refractivity contribution in [3.63, 3.8) is 0 Å². The molecule has 0 saturated heterocycles. The first-order chi connectivity index (χ1) is 15.6. The molecule has 0 unspecified atom stereocenters. The van der Waals surface area contributed by atoms with Crippen molar-refractivity contribution in [2.75, 3.05) is 6.61 Å². The Hall–Kier alpha value is -3.35. The fourth-order valence-corrected chi connectivity index (χ4v) is 4.30. The van der Waals surface area contributed by atoms with E-state index in [-0.39, 0.29) is 37.2 Å². The first kappa shape index (κ1) is 24.3. The predicted octanol–water partition coefficient (Wildman–Crippen LogP) is 4.31. The minimum absolute atomic E-state index is 0.0150. The van der Waals surface area contributed by atoms with Gasteiger partial charge in [0.1, 0.15) is 6.61 Å². The molecule has 33 heavy (non-hydrogen) atoms. The van der Waals surface area contributed by atoms with E-state index in [1.165, 1.54) is 0 Å². The van der Waals surface area contributed by atoms with Crippen LogP contribution in [0.15, 0.2) is 48.5 Å². The number of nitrogens with one attached hydrogen (secondary N) is 2. The molecule has 1 aliphatic rings. The first-order valence-corrected chi connectivity index (χ1v) is 11.2. The van der Waals surface area contributed by atoms with Gasteiger partial charge in [0.15, 0.2) is 0 Å². The number of alkyl carbamates (subject to hydrolysis) is 1. The SMILES string of the molecule is CC(C)[C@H](CC(=O)NC(C)(C)CC(=O)O)NC(=O)OCC1c2ccccc2-c2ccccc21. The molecule has 7 nitrogen and oxygen atoms in total. The highest BCUT2D eigenvalue weighted by Crippen LogP contribution is 2.44. The number of fused-ring (bicyclic) bond motifs is 3. The zero-order valence-corrected chi connectivity index (χ0v) is 19.6. The molecule has 0 aliphatic heterocycles. The molecule has 0 saturated carbocycles. The summed E-state index contributed by atoms with van der Waals surface area (Å²) in [6.07, 6.45) is -0.733. The second-order valence-electron chi connectivity index (χ2n) is 9.53. The van der Waals surface area contributed by atoms with Crippen molar-refractivity contribution in [2.24, 2.45) is 5.92 Å². The van der Waals surface area contributed by atoms with E-state index in [1.807, 2.05) is 38.1 Å². The maximum Gasteiger partial charge on any atom is 0.407 e. The van der Waals surface area contributed by atoms with E-state index >= 15 is 0 Å². The van der Waals surface area contributed by atoms with Crippen molar-refractivity contribution >= 4 is 18.0 Å². The normalized spacial score (nSPS) is 13.7. The van der Waals surface area contributed by atoms with Gasteiger partial charge in [0, 0.05) is 23.9 Å². The van der Waals surface area contributed by atoms with Crippen LogP contribution >= 0.6 is 0 Å². The molecule has 0 radical (unpaired) electrons. The monoisotopic (exact) mass is 452 g/mol. The summed E-state index contributed by atoms with van der Waals surface area (Å²) in [6, 6.07) is 15.8. The number of ether oxygens (including phenoxy) is 1. The summed E-state index contributed by atoms with van der Waals surface area (Å²) in [5.41, 5.74) is 3.69. The van der Waals surface area contributed by atoms with Gasteiger partial charge in [-0.1, -0.05) is 62.4 Å². The van der Waals surface area contributed by atoms with Crippen LogP contribution < -0.4 is 10.6 Å². The van der Waals surface area contributed by atoms with Gasteiger partial charge in [-0.05, 0) is 42.0 Å². The third-order valence-electron chi connectivity index (χ3n) is 5.93. The van der Waals surface area contributed by atoms with Crippen LogP contribution in [0.5, 0.6) is 0 Å². The van der Waals surface area contributed by atoms with E-state index in [2.05, 4.69) is 34.9 Å². The molecule has 1 aliphatic carbocycles. The van der Waals surface area contributed by atoms with Crippen LogP contribution in [0.25, 0.3) is 11.1 Å². The van der Waals surface area contributed by atoms with Crippen molar-refractivity contribution in [1.29, 1.82) is 0 Å². The lowest BCUT2D eigenvalue weighted by atomic mass is 9.97. The van der Waals surface area contributed by atoms with Gasteiger partial charge < -0.3 is 20.5 Å². The minimum Gasteiger partial charge on any atom is -0.481 e. The van der Waals surface area contributed by atoms with Gasteiger partial charge in [-0.25, -0.2) is 4.79 Å². The Morgan fingerprint density at radius 2 is 1.55 bits per heavy atom. The highest BCUT2D eigenvalue weighted by molar-refractivity contribution is 5.80. The Labute approximate surface area is 194 Å². The number of hydrogen-bond donors (Lipinski definition) is 3. The van der Waals surface area contributed by atoms with Crippen LogP contribution in [0.3, 0.4) is 0 Å². The molecule has 3 N–H and O–H groups in total. The van der Waals surface area contributed by atoms with Gasteiger partial charge in [-0.2, -0.15) is 0 Å². The molecule has 3 rings (SSSR count). The Bertz CT molecular complexity index is 985. The molecule has 0 spiro atoms. The molecule has 176 valence electrons. The number of benzene rings is 2. The summed E-state index contributed by atoms with van der Waals surface area (Å²) >= 11 is 0. The van der Waals surface area contributed by atoms with Crippen LogP contribution in [-0.4, -0.2) is 41.3 Å². The third-order valence-corrected chi connectivity index (χ3v) is 5.93. The molecule has 0 bridgehead atoms. The highest BCUT2D eigenvalue weighted by atomic mass is 16.5. The van der Waals surface area contributed by atoms with E-state index in [0.717, 1.165) is 22.3 Å². The zero-order chi connectivity index (χ0) is 24.2. The van der Waals surface area contributed by atoms with E-state index < -0.39 is 23.6 Å². The molecule has 0 aromatic heterocycles. The van der Waals surface area contributed by atoms with Crippen LogP contribution in [0.1, 0.15) is 57.6 Å². The van der Waals surface area contributed by atoms with Gasteiger partial charge in [-0.15, -0.1) is 0 Å². The molecule has 2 amide bonds. The summed E-state index contributed by atoms with van der Waals surface area (Å²) in [7, 11) is 0. The lowest BCUT2D eigenvalue weighted by Crippen LogP contribution is -2.48. The number of carboxylic acid groups (broad SMARTS) is 1. The van der Waals surface area contributed by atoms with Crippen LogP contribution in [0, 0.1) is 5.92 Å². The quantitative estimate of drug-likeness (QED) is 0.526. The van der Waals surface area contributed by atoms with Crippen molar-refractivity contribution in [2.45, 2.75) is 58.0 Å². The lowest BCUT2D eigenvalue weighted by Gasteiger charge is -2.27. The molecule has 0 heterocycles. The van der Waals surface area contributed by atoms with Crippen LogP contribution in [0.2, 0.25) is 0 Å². The minimum atomic E-state index is -0.988. The van der Waals surface area contributed by atoms with Gasteiger partial charge >= 0.3 is 12.1 Å². The van der Waals surface area contributed by atoms with E-state index in [9.17, 15) is 14.4 Å². The average molecular weight is 453 g/mol. The smallest absolute Gasteiger partial charge is 0.407 e.